The first-order chi connectivity index (χ1) is 17.6. The molecular formula is C28H34FN5O2. The average Bonchev–Trinajstić information content (AvgIpc) is 3.35. The van der Waals surface area contributed by atoms with Gasteiger partial charge in [0.1, 0.15) is 11.6 Å². The van der Waals surface area contributed by atoms with Gasteiger partial charge in [0.25, 0.3) is 0 Å². The van der Waals surface area contributed by atoms with Crippen LogP contribution in [0.5, 0.6) is 0 Å². The third kappa shape index (κ3) is 5.65. The Morgan fingerprint density at radius 2 is 1.64 bits per heavy atom. The molecule has 0 aliphatic carbocycles. The van der Waals surface area contributed by atoms with Gasteiger partial charge in [-0.25, -0.2) is 29.1 Å². The minimum atomic E-state index is -0.257. The summed E-state index contributed by atoms with van der Waals surface area (Å²) in [5, 5.41) is 0. The number of benzene rings is 1. The van der Waals surface area contributed by atoms with Gasteiger partial charge in [0.2, 0.25) is 5.95 Å². The molecule has 1 aromatic carbocycles. The van der Waals surface area contributed by atoms with Crippen LogP contribution < -0.4 is 9.80 Å². The minimum absolute atomic E-state index is 0.257. The molecule has 7 nitrogen and oxygen atoms in total. The average molecular weight is 492 g/mol. The van der Waals surface area contributed by atoms with Gasteiger partial charge < -0.3 is 9.80 Å². The van der Waals surface area contributed by atoms with E-state index in [2.05, 4.69) is 28.9 Å². The van der Waals surface area contributed by atoms with Crippen molar-refractivity contribution in [3.8, 4) is 22.5 Å². The topological polar surface area (TPSA) is 63.6 Å². The maximum Gasteiger partial charge on any atom is 0.226 e. The van der Waals surface area contributed by atoms with E-state index in [4.69, 9.17) is 24.7 Å². The van der Waals surface area contributed by atoms with Crippen LogP contribution in [0.4, 0.5) is 16.2 Å². The van der Waals surface area contributed by atoms with Gasteiger partial charge in [-0.15, -0.1) is 0 Å². The number of rotatable bonds is 8. The van der Waals surface area contributed by atoms with Gasteiger partial charge in [-0.3, -0.25) is 0 Å². The van der Waals surface area contributed by atoms with Gasteiger partial charge in [0, 0.05) is 43.0 Å². The van der Waals surface area contributed by atoms with Crippen molar-refractivity contribution in [3.63, 3.8) is 0 Å². The summed E-state index contributed by atoms with van der Waals surface area (Å²) in [6, 6.07) is 13.0. The molecule has 0 saturated carbocycles. The molecule has 0 amide bonds. The maximum absolute atomic E-state index is 13.5. The van der Waals surface area contributed by atoms with E-state index >= 15 is 0 Å². The molecule has 2 saturated heterocycles. The number of halogens is 1. The molecule has 0 radical (unpaired) electrons. The highest BCUT2D eigenvalue weighted by atomic mass is 19.1. The van der Waals surface area contributed by atoms with E-state index in [0.717, 1.165) is 79.6 Å². The fraction of sp³-hybridized carbons (Fsp3) is 0.464. The van der Waals surface area contributed by atoms with E-state index < -0.39 is 0 Å². The van der Waals surface area contributed by atoms with Gasteiger partial charge in [0.15, 0.2) is 0 Å². The predicted molar refractivity (Wildman–Crippen MR) is 139 cm³/mol. The first kappa shape index (κ1) is 24.6. The van der Waals surface area contributed by atoms with Gasteiger partial charge in [0.05, 0.1) is 24.6 Å². The van der Waals surface area contributed by atoms with Crippen LogP contribution in [0.25, 0.3) is 22.5 Å². The molecule has 2 aliphatic rings. The van der Waals surface area contributed by atoms with E-state index in [-0.39, 0.29) is 5.82 Å². The fourth-order valence-corrected chi connectivity index (χ4v) is 4.99. The zero-order valence-electron chi connectivity index (χ0n) is 21.1. The fourth-order valence-electron chi connectivity index (χ4n) is 4.99. The third-order valence-electron chi connectivity index (χ3n) is 7.15. The van der Waals surface area contributed by atoms with Crippen molar-refractivity contribution in [2.24, 2.45) is 5.92 Å². The number of aromatic nitrogens is 3. The van der Waals surface area contributed by atoms with Gasteiger partial charge in [-0.2, -0.15) is 0 Å². The lowest BCUT2D eigenvalue weighted by molar-refractivity contribution is -0.298. The largest absolute Gasteiger partial charge is 0.357 e. The molecule has 5 rings (SSSR count). The normalized spacial score (nSPS) is 18.7. The standard InChI is InChI=1S/C28H34FN5O2/c1-3-35-36-19-21-12-15-33(16-13-21)27-11-8-23(18-30-27)26-17-25(22-6-9-24(29)10-7-22)31-28(32-26)34-14-4-5-20(34)2/h6-11,17-18,20-21H,3-5,12-16,19H2,1-2H3. The Kier molecular flexibility index (Phi) is 7.72. The second-order valence-electron chi connectivity index (χ2n) is 9.66. The van der Waals surface area contributed by atoms with Crippen LogP contribution in [0, 0.1) is 11.7 Å². The zero-order chi connectivity index (χ0) is 24.9. The Morgan fingerprint density at radius 3 is 2.28 bits per heavy atom. The summed E-state index contributed by atoms with van der Waals surface area (Å²) in [4.78, 5) is 29.4. The maximum atomic E-state index is 13.5. The van der Waals surface area contributed by atoms with E-state index in [9.17, 15) is 4.39 Å². The number of hydrogen-bond acceptors (Lipinski definition) is 7. The summed E-state index contributed by atoms with van der Waals surface area (Å²) in [6.07, 6.45) is 6.27. The highest BCUT2D eigenvalue weighted by Gasteiger charge is 2.24. The Hall–Kier alpha value is -3.10. The van der Waals surface area contributed by atoms with Crippen molar-refractivity contribution in [1.82, 2.24) is 15.0 Å². The van der Waals surface area contributed by atoms with E-state index in [0.29, 0.717) is 25.2 Å². The highest BCUT2D eigenvalue weighted by Crippen LogP contribution is 2.30. The van der Waals surface area contributed by atoms with Crippen LogP contribution in [0.2, 0.25) is 0 Å². The Bertz CT molecular complexity index is 1130. The van der Waals surface area contributed by atoms with Crippen molar-refractivity contribution in [1.29, 1.82) is 0 Å². The zero-order valence-corrected chi connectivity index (χ0v) is 21.1. The number of nitrogens with zero attached hydrogens (tertiary/aromatic N) is 5. The van der Waals surface area contributed by atoms with Crippen molar-refractivity contribution in [2.75, 3.05) is 42.6 Å². The molecule has 2 aromatic heterocycles. The first-order valence-electron chi connectivity index (χ1n) is 13.0. The van der Waals surface area contributed by atoms with Crippen molar-refractivity contribution < 1.29 is 14.2 Å². The van der Waals surface area contributed by atoms with E-state index in [1.807, 2.05) is 19.2 Å². The lowest BCUT2D eigenvalue weighted by Gasteiger charge is -2.32. The molecule has 0 N–H and O–H groups in total. The molecule has 36 heavy (non-hydrogen) atoms. The van der Waals surface area contributed by atoms with Crippen molar-refractivity contribution >= 4 is 11.8 Å². The van der Waals surface area contributed by atoms with Crippen LogP contribution in [-0.2, 0) is 9.78 Å². The summed E-state index contributed by atoms with van der Waals surface area (Å²) in [5.74, 6) is 1.96. The second kappa shape index (κ2) is 11.3. The molecule has 2 aliphatic heterocycles. The van der Waals surface area contributed by atoms with Crippen LogP contribution in [-0.4, -0.2) is 53.8 Å². The molecule has 4 heterocycles. The first-order valence-corrected chi connectivity index (χ1v) is 13.0. The predicted octanol–water partition coefficient (Wildman–Crippen LogP) is 5.52. The van der Waals surface area contributed by atoms with Gasteiger partial charge >= 0.3 is 0 Å². The molecule has 0 spiro atoms. The summed E-state index contributed by atoms with van der Waals surface area (Å²) < 4.78 is 13.5. The van der Waals surface area contributed by atoms with Crippen molar-refractivity contribution in [3.05, 3.63) is 54.5 Å². The monoisotopic (exact) mass is 491 g/mol. The Labute approximate surface area is 212 Å². The Balaban J connectivity index is 1.36. The molecule has 1 atom stereocenters. The summed E-state index contributed by atoms with van der Waals surface area (Å²) in [7, 11) is 0. The van der Waals surface area contributed by atoms with Crippen LogP contribution >= 0.6 is 0 Å². The lowest BCUT2D eigenvalue weighted by atomic mass is 9.98. The number of pyridine rings is 1. The smallest absolute Gasteiger partial charge is 0.226 e. The van der Waals surface area contributed by atoms with Crippen LogP contribution in [0.3, 0.4) is 0 Å². The quantitative estimate of drug-likeness (QED) is 0.234. The molecule has 3 aromatic rings. The Morgan fingerprint density at radius 1 is 0.917 bits per heavy atom. The molecule has 0 bridgehead atoms. The van der Waals surface area contributed by atoms with Gasteiger partial charge in [-0.05, 0) is 87.9 Å². The minimum Gasteiger partial charge on any atom is -0.357 e. The summed E-state index contributed by atoms with van der Waals surface area (Å²) in [6.45, 7) is 8.20. The molecule has 1 unspecified atom stereocenters. The van der Waals surface area contributed by atoms with Gasteiger partial charge in [-0.1, -0.05) is 0 Å². The summed E-state index contributed by atoms with van der Waals surface area (Å²) >= 11 is 0. The van der Waals surface area contributed by atoms with E-state index in [1.165, 1.54) is 12.1 Å². The third-order valence-corrected chi connectivity index (χ3v) is 7.15. The van der Waals surface area contributed by atoms with Crippen molar-refractivity contribution in [2.45, 2.75) is 45.6 Å². The number of piperidine rings is 1. The molecular weight excluding hydrogens is 457 g/mol. The number of hydrogen-bond donors (Lipinski definition) is 0. The van der Waals surface area contributed by atoms with Crippen LogP contribution in [0.15, 0.2) is 48.7 Å². The molecule has 190 valence electrons. The molecule has 8 heteroatoms. The highest BCUT2D eigenvalue weighted by molar-refractivity contribution is 5.70. The van der Waals surface area contributed by atoms with Crippen LogP contribution in [0.1, 0.15) is 39.5 Å². The number of anilines is 2. The second-order valence-corrected chi connectivity index (χ2v) is 9.66. The van der Waals surface area contributed by atoms with E-state index in [1.54, 1.807) is 12.1 Å². The SMILES string of the molecule is CCOOCC1CCN(c2ccc(-c3cc(-c4ccc(F)cc4)nc(N4CCCC4C)n3)cn2)CC1. The lowest BCUT2D eigenvalue weighted by Crippen LogP contribution is -2.35. The summed E-state index contributed by atoms with van der Waals surface area (Å²) in [5.41, 5.74) is 3.42. The molecule has 2 fully saturated rings.